The second kappa shape index (κ2) is 4.22. The van der Waals surface area contributed by atoms with Crippen LogP contribution in [-0.2, 0) is 4.74 Å². The van der Waals surface area contributed by atoms with Gasteiger partial charge in [0.15, 0.2) is 5.13 Å². The zero-order chi connectivity index (χ0) is 11.8. The van der Waals surface area contributed by atoms with Crippen LogP contribution in [0, 0.1) is 5.41 Å². The van der Waals surface area contributed by atoms with E-state index in [4.69, 9.17) is 10.5 Å². The van der Waals surface area contributed by atoms with Crippen LogP contribution >= 0.6 is 11.3 Å². The highest BCUT2D eigenvalue weighted by atomic mass is 32.1. The Morgan fingerprint density at radius 1 is 1.69 bits per heavy atom. The van der Waals surface area contributed by atoms with Crippen molar-refractivity contribution in [3.05, 3.63) is 6.20 Å². The maximum absolute atomic E-state index is 5.68. The van der Waals surface area contributed by atoms with Crippen molar-refractivity contribution in [1.29, 1.82) is 0 Å². The van der Waals surface area contributed by atoms with Gasteiger partial charge in [-0.2, -0.15) is 0 Å². The molecule has 90 valence electrons. The van der Waals surface area contributed by atoms with Crippen molar-refractivity contribution < 1.29 is 4.74 Å². The molecule has 1 aliphatic carbocycles. The van der Waals surface area contributed by atoms with Crippen molar-refractivity contribution in [3.8, 4) is 0 Å². The van der Waals surface area contributed by atoms with Crippen LogP contribution in [0.2, 0.25) is 0 Å². The molecule has 1 heterocycles. The quantitative estimate of drug-likeness (QED) is 0.849. The second-order valence-electron chi connectivity index (χ2n) is 4.77. The molecule has 3 N–H and O–H groups in total. The van der Waals surface area contributed by atoms with E-state index in [1.165, 1.54) is 11.3 Å². The molecular formula is C11H19N3OS. The highest BCUT2D eigenvalue weighted by Crippen LogP contribution is 2.44. The average molecular weight is 241 g/mol. The summed E-state index contributed by atoms with van der Waals surface area (Å²) in [5, 5.41) is 5.08. The number of ether oxygens (including phenoxy) is 1. The van der Waals surface area contributed by atoms with Crippen LogP contribution in [0.25, 0.3) is 0 Å². The lowest BCUT2D eigenvalue weighted by Crippen LogP contribution is -2.58. The zero-order valence-electron chi connectivity index (χ0n) is 9.99. The summed E-state index contributed by atoms with van der Waals surface area (Å²) in [6.45, 7) is 7.28. The van der Waals surface area contributed by atoms with Crippen LogP contribution in [0.3, 0.4) is 0 Å². The molecule has 2 atom stereocenters. The Kier molecular flexibility index (Phi) is 3.08. The minimum absolute atomic E-state index is 0.163. The van der Waals surface area contributed by atoms with E-state index in [1.54, 1.807) is 6.20 Å². The highest BCUT2D eigenvalue weighted by Gasteiger charge is 2.49. The van der Waals surface area contributed by atoms with Gasteiger partial charge in [0.05, 0.1) is 12.3 Å². The Morgan fingerprint density at radius 3 is 2.94 bits per heavy atom. The summed E-state index contributed by atoms with van der Waals surface area (Å²) in [5.41, 5.74) is 5.81. The van der Waals surface area contributed by atoms with E-state index in [-0.39, 0.29) is 5.41 Å². The SMILES string of the molecule is CCOC1CC(Nc2ncc(N)s2)C1(C)C. The van der Waals surface area contributed by atoms with Gasteiger partial charge in [0.1, 0.15) is 5.00 Å². The maximum Gasteiger partial charge on any atom is 0.184 e. The molecule has 0 amide bonds. The number of aromatic nitrogens is 1. The Hall–Kier alpha value is -0.810. The Balaban J connectivity index is 1.94. The number of nitrogens with zero attached hydrogens (tertiary/aromatic N) is 1. The van der Waals surface area contributed by atoms with Crippen molar-refractivity contribution in [3.63, 3.8) is 0 Å². The molecule has 1 fully saturated rings. The third-order valence-corrected chi connectivity index (χ3v) is 4.12. The largest absolute Gasteiger partial charge is 0.389 e. The summed E-state index contributed by atoms with van der Waals surface area (Å²) in [6.07, 6.45) is 3.09. The van der Waals surface area contributed by atoms with Gasteiger partial charge in [0, 0.05) is 18.1 Å². The first-order valence-electron chi connectivity index (χ1n) is 5.63. The van der Waals surface area contributed by atoms with E-state index in [0.29, 0.717) is 12.1 Å². The predicted octanol–water partition coefficient (Wildman–Crippen LogP) is 2.34. The molecule has 0 spiro atoms. The first kappa shape index (κ1) is 11.7. The summed E-state index contributed by atoms with van der Waals surface area (Å²) in [6, 6.07) is 0.426. The van der Waals surface area contributed by atoms with E-state index in [2.05, 4.69) is 24.1 Å². The van der Waals surface area contributed by atoms with E-state index in [9.17, 15) is 0 Å². The molecule has 0 saturated heterocycles. The molecule has 0 radical (unpaired) electrons. The average Bonchev–Trinajstić information content (AvgIpc) is 2.63. The lowest BCUT2D eigenvalue weighted by atomic mass is 9.64. The lowest BCUT2D eigenvalue weighted by Gasteiger charge is -2.51. The van der Waals surface area contributed by atoms with Crippen LogP contribution in [0.15, 0.2) is 6.20 Å². The fourth-order valence-electron chi connectivity index (χ4n) is 2.12. The standard InChI is InChI=1S/C11H19N3OS/c1-4-15-8-5-7(11(8,2)3)14-10-13-6-9(12)16-10/h6-8H,4-5,12H2,1-3H3,(H,13,14). The molecule has 16 heavy (non-hydrogen) atoms. The van der Waals surface area contributed by atoms with Crippen molar-refractivity contribution >= 4 is 21.5 Å². The van der Waals surface area contributed by atoms with Crippen molar-refractivity contribution in [2.24, 2.45) is 5.41 Å². The molecule has 2 unspecified atom stereocenters. The van der Waals surface area contributed by atoms with E-state index >= 15 is 0 Å². The van der Waals surface area contributed by atoms with Gasteiger partial charge in [-0.15, -0.1) is 0 Å². The molecule has 0 aromatic carbocycles. The minimum atomic E-state index is 0.163. The number of anilines is 2. The molecule has 0 aliphatic heterocycles. The fraction of sp³-hybridized carbons (Fsp3) is 0.727. The summed E-state index contributed by atoms with van der Waals surface area (Å²) in [7, 11) is 0. The van der Waals surface area contributed by atoms with Gasteiger partial charge in [0.2, 0.25) is 0 Å². The Bertz CT molecular complexity index is 364. The molecule has 1 aliphatic rings. The van der Waals surface area contributed by atoms with Gasteiger partial charge >= 0.3 is 0 Å². The summed E-state index contributed by atoms with van der Waals surface area (Å²) in [4.78, 5) is 4.22. The third kappa shape index (κ3) is 2.01. The van der Waals surface area contributed by atoms with Crippen molar-refractivity contribution in [2.45, 2.75) is 39.3 Å². The summed E-state index contributed by atoms with van der Waals surface area (Å²) >= 11 is 1.50. The van der Waals surface area contributed by atoms with Crippen LogP contribution in [0.5, 0.6) is 0 Å². The summed E-state index contributed by atoms with van der Waals surface area (Å²) < 4.78 is 5.68. The van der Waals surface area contributed by atoms with Crippen LogP contribution in [0.1, 0.15) is 27.2 Å². The molecular weight excluding hydrogens is 222 g/mol. The molecule has 2 rings (SSSR count). The van der Waals surface area contributed by atoms with Crippen molar-refractivity contribution in [2.75, 3.05) is 17.7 Å². The van der Waals surface area contributed by atoms with Crippen molar-refractivity contribution in [1.82, 2.24) is 4.98 Å². The van der Waals surface area contributed by atoms with Gasteiger partial charge in [0.25, 0.3) is 0 Å². The van der Waals surface area contributed by atoms with Crippen LogP contribution in [-0.4, -0.2) is 23.7 Å². The van der Waals surface area contributed by atoms with Crippen LogP contribution in [0.4, 0.5) is 10.1 Å². The number of nitrogens with two attached hydrogens (primary N) is 1. The van der Waals surface area contributed by atoms with E-state index in [1.807, 2.05) is 6.92 Å². The number of nitrogens with one attached hydrogen (secondary N) is 1. The summed E-state index contributed by atoms with van der Waals surface area (Å²) in [5.74, 6) is 0. The first-order valence-corrected chi connectivity index (χ1v) is 6.45. The first-order chi connectivity index (χ1) is 7.54. The molecule has 1 saturated carbocycles. The number of rotatable bonds is 4. The fourth-order valence-corrected chi connectivity index (χ4v) is 2.75. The van der Waals surface area contributed by atoms with Gasteiger partial charge < -0.3 is 15.8 Å². The Morgan fingerprint density at radius 2 is 2.44 bits per heavy atom. The highest BCUT2D eigenvalue weighted by molar-refractivity contribution is 7.19. The van der Waals surface area contributed by atoms with Gasteiger partial charge in [-0.25, -0.2) is 4.98 Å². The lowest BCUT2D eigenvalue weighted by molar-refractivity contribution is -0.0975. The molecule has 0 bridgehead atoms. The monoisotopic (exact) mass is 241 g/mol. The molecule has 4 nitrogen and oxygen atoms in total. The van der Waals surface area contributed by atoms with Gasteiger partial charge in [-0.1, -0.05) is 25.2 Å². The van der Waals surface area contributed by atoms with E-state index in [0.717, 1.165) is 23.2 Å². The zero-order valence-corrected chi connectivity index (χ0v) is 10.8. The number of hydrogen-bond acceptors (Lipinski definition) is 5. The minimum Gasteiger partial charge on any atom is -0.389 e. The van der Waals surface area contributed by atoms with Gasteiger partial charge in [-0.3, -0.25) is 0 Å². The third-order valence-electron chi connectivity index (χ3n) is 3.37. The van der Waals surface area contributed by atoms with E-state index < -0.39 is 0 Å². The van der Waals surface area contributed by atoms with Crippen LogP contribution < -0.4 is 11.1 Å². The van der Waals surface area contributed by atoms with Gasteiger partial charge in [-0.05, 0) is 13.3 Å². The number of hydrogen-bond donors (Lipinski definition) is 2. The molecule has 5 heteroatoms. The molecule has 1 aromatic rings. The normalized spacial score (nSPS) is 27.4. The predicted molar refractivity (Wildman–Crippen MR) is 67.7 cm³/mol. The molecule has 1 aromatic heterocycles. The maximum atomic E-state index is 5.68. The smallest absolute Gasteiger partial charge is 0.184 e. The number of nitrogen functional groups attached to an aromatic ring is 1. The Labute approximate surface area is 100 Å². The second-order valence-corrected chi connectivity index (χ2v) is 5.83. The number of thiazole rings is 1. The topological polar surface area (TPSA) is 60.2 Å².